The molecule has 1 aromatic carbocycles. The van der Waals surface area contributed by atoms with E-state index in [-0.39, 0.29) is 5.91 Å². The second kappa shape index (κ2) is 6.78. The minimum absolute atomic E-state index is 0.0869. The molecule has 0 aliphatic heterocycles. The van der Waals surface area contributed by atoms with E-state index in [1.165, 1.54) is 0 Å². The van der Waals surface area contributed by atoms with Gasteiger partial charge in [-0.15, -0.1) is 0 Å². The first-order valence-corrected chi connectivity index (χ1v) is 6.90. The van der Waals surface area contributed by atoms with Crippen LogP contribution in [0.4, 0.5) is 0 Å². The van der Waals surface area contributed by atoms with Crippen LogP contribution in [-0.4, -0.2) is 18.6 Å². The van der Waals surface area contributed by atoms with Gasteiger partial charge in [0.1, 0.15) is 5.75 Å². The van der Waals surface area contributed by atoms with Crippen molar-refractivity contribution in [3.63, 3.8) is 0 Å². The Balaban J connectivity index is 2.58. The molecule has 0 heterocycles. The monoisotopic (exact) mass is 313 g/mol. The molecule has 3 nitrogen and oxygen atoms in total. The molecule has 18 heavy (non-hydrogen) atoms. The second-order valence-electron chi connectivity index (χ2n) is 4.83. The summed E-state index contributed by atoms with van der Waals surface area (Å²) in [5.41, 5.74) is 1.14. The molecule has 0 fully saturated rings. The van der Waals surface area contributed by atoms with E-state index in [2.05, 4.69) is 35.1 Å². The fourth-order valence-electron chi connectivity index (χ4n) is 1.39. The first-order valence-electron chi connectivity index (χ1n) is 6.10. The average Bonchev–Trinajstić information content (AvgIpc) is 2.29. The van der Waals surface area contributed by atoms with Gasteiger partial charge in [-0.25, -0.2) is 0 Å². The number of carbonyl (C=O) groups is 1. The topological polar surface area (TPSA) is 38.3 Å². The molecule has 0 bridgehead atoms. The zero-order valence-electron chi connectivity index (χ0n) is 11.3. The van der Waals surface area contributed by atoms with Crippen LogP contribution in [0.3, 0.4) is 0 Å². The number of hydrogen-bond acceptors (Lipinski definition) is 2. The van der Waals surface area contributed by atoms with E-state index in [1.54, 1.807) is 6.92 Å². The molecule has 0 aromatic heterocycles. The third-order valence-corrected chi connectivity index (χ3v) is 3.06. The normalized spacial score (nSPS) is 12.3. The summed E-state index contributed by atoms with van der Waals surface area (Å²) in [6.45, 7) is 8.54. The van der Waals surface area contributed by atoms with Crippen molar-refractivity contribution in [3.05, 3.63) is 28.2 Å². The van der Waals surface area contributed by atoms with Gasteiger partial charge in [0.2, 0.25) is 0 Å². The van der Waals surface area contributed by atoms with E-state index in [1.807, 2.05) is 25.1 Å². The van der Waals surface area contributed by atoms with Gasteiger partial charge < -0.3 is 10.1 Å². The number of aryl methyl sites for hydroxylation is 1. The SMILES string of the molecule is Cc1ccc(OC(C)C(=O)NCC(C)C)c(Br)c1. The van der Waals surface area contributed by atoms with Crippen LogP contribution in [0.2, 0.25) is 0 Å². The van der Waals surface area contributed by atoms with E-state index >= 15 is 0 Å². The highest BCUT2D eigenvalue weighted by Crippen LogP contribution is 2.26. The van der Waals surface area contributed by atoms with Gasteiger partial charge >= 0.3 is 0 Å². The van der Waals surface area contributed by atoms with Gasteiger partial charge in [0.15, 0.2) is 6.10 Å². The Morgan fingerprint density at radius 1 is 1.39 bits per heavy atom. The Kier molecular flexibility index (Phi) is 5.66. The van der Waals surface area contributed by atoms with E-state index in [9.17, 15) is 4.79 Å². The molecular formula is C14H20BrNO2. The van der Waals surface area contributed by atoms with Crippen molar-refractivity contribution in [3.8, 4) is 5.75 Å². The summed E-state index contributed by atoms with van der Waals surface area (Å²) in [5.74, 6) is 1.04. The molecule has 100 valence electrons. The molecule has 0 aliphatic rings. The highest BCUT2D eigenvalue weighted by Gasteiger charge is 2.15. The average molecular weight is 314 g/mol. The standard InChI is InChI=1S/C14H20BrNO2/c1-9(2)8-16-14(17)11(4)18-13-6-5-10(3)7-12(13)15/h5-7,9,11H,8H2,1-4H3,(H,16,17). The van der Waals surface area contributed by atoms with Crippen molar-refractivity contribution in [2.45, 2.75) is 33.8 Å². The summed E-state index contributed by atoms with van der Waals surface area (Å²) in [6, 6.07) is 5.79. The predicted octanol–water partition coefficient (Wildman–Crippen LogP) is 3.30. The highest BCUT2D eigenvalue weighted by molar-refractivity contribution is 9.10. The summed E-state index contributed by atoms with van der Waals surface area (Å²) >= 11 is 3.43. The van der Waals surface area contributed by atoms with Crippen LogP contribution >= 0.6 is 15.9 Å². The van der Waals surface area contributed by atoms with Gasteiger partial charge in [-0.2, -0.15) is 0 Å². The van der Waals surface area contributed by atoms with Gasteiger partial charge in [0.25, 0.3) is 5.91 Å². The Morgan fingerprint density at radius 2 is 2.06 bits per heavy atom. The summed E-state index contributed by atoms with van der Waals surface area (Å²) in [6.07, 6.45) is -0.497. The molecule has 1 rings (SSSR count). The molecule has 1 atom stereocenters. The first-order chi connectivity index (χ1) is 8.40. The predicted molar refractivity (Wildman–Crippen MR) is 76.8 cm³/mol. The largest absolute Gasteiger partial charge is 0.480 e. The fourth-order valence-corrected chi connectivity index (χ4v) is 1.98. The summed E-state index contributed by atoms with van der Waals surface area (Å²) in [5, 5.41) is 2.85. The van der Waals surface area contributed by atoms with Crippen LogP contribution in [0.5, 0.6) is 5.75 Å². The van der Waals surface area contributed by atoms with Crippen molar-refractivity contribution in [2.75, 3.05) is 6.54 Å². The minimum atomic E-state index is -0.497. The van der Waals surface area contributed by atoms with Crippen molar-refractivity contribution in [2.24, 2.45) is 5.92 Å². The third kappa shape index (κ3) is 4.69. The summed E-state index contributed by atoms with van der Waals surface area (Å²) in [7, 11) is 0. The molecule has 1 unspecified atom stereocenters. The molecule has 0 saturated carbocycles. The zero-order chi connectivity index (χ0) is 13.7. The molecule has 4 heteroatoms. The van der Waals surface area contributed by atoms with E-state index in [0.717, 1.165) is 10.0 Å². The van der Waals surface area contributed by atoms with E-state index in [4.69, 9.17) is 4.74 Å². The van der Waals surface area contributed by atoms with Crippen LogP contribution in [0.15, 0.2) is 22.7 Å². The second-order valence-corrected chi connectivity index (χ2v) is 5.69. The van der Waals surface area contributed by atoms with E-state index < -0.39 is 6.10 Å². The zero-order valence-corrected chi connectivity index (χ0v) is 12.9. The number of halogens is 1. The number of rotatable bonds is 5. The van der Waals surface area contributed by atoms with Crippen molar-refractivity contribution in [1.29, 1.82) is 0 Å². The highest BCUT2D eigenvalue weighted by atomic mass is 79.9. The lowest BCUT2D eigenvalue weighted by atomic mass is 10.2. The lowest BCUT2D eigenvalue weighted by Crippen LogP contribution is -2.38. The van der Waals surface area contributed by atoms with Gasteiger partial charge in [-0.3, -0.25) is 4.79 Å². The number of benzene rings is 1. The maximum Gasteiger partial charge on any atom is 0.260 e. The number of hydrogen-bond donors (Lipinski definition) is 1. The maximum absolute atomic E-state index is 11.8. The lowest BCUT2D eigenvalue weighted by Gasteiger charge is -2.16. The Morgan fingerprint density at radius 3 is 2.61 bits per heavy atom. The Hall–Kier alpha value is -1.03. The molecule has 0 spiro atoms. The lowest BCUT2D eigenvalue weighted by molar-refractivity contribution is -0.127. The molecule has 0 radical (unpaired) electrons. The van der Waals surface area contributed by atoms with E-state index in [0.29, 0.717) is 18.2 Å². The van der Waals surface area contributed by atoms with Crippen LogP contribution < -0.4 is 10.1 Å². The van der Waals surface area contributed by atoms with Crippen molar-refractivity contribution < 1.29 is 9.53 Å². The molecule has 0 aliphatic carbocycles. The van der Waals surface area contributed by atoms with Gasteiger partial charge in [0, 0.05) is 6.54 Å². The molecule has 1 N–H and O–H groups in total. The van der Waals surface area contributed by atoms with Crippen molar-refractivity contribution >= 4 is 21.8 Å². The number of nitrogens with one attached hydrogen (secondary N) is 1. The quantitative estimate of drug-likeness (QED) is 0.905. The summed E-state index contributed by atoms with van der Waals surface area (Å²) in [4.78, 5) is 11.8. The van der Waals surface area contributed by atoms with Crippen LogP contribution in [-0.2, 0) is 4.79 Å². The van der Waals surface area contributed by atoms with Crippen LogP contribution in [0.25, 0.3) is 0 Å². The van der Waals surface area contributed by atoms with Crippen LogP contribution in [0.1, 0.15) is 26.3 Å². The minimum Gasteiger partial charge on any atom is -0.480 e. The van der Waals surface area contributed by atoms with Crippen LogP contribution in [0, 0.1) is 12.8 Å². The Bertz CT molecular complexity index is 418. The number of carbonyl (C=O) groups excluding carboxylic acids is 1. The molecule has 1 aromatic rings. The first kappa shape index (κ1) is 15.0. The van der Waals surface area contributed by atoms with Gasteiger partial charge in [0.05, 0.1) is 4.47 Å². The third-order valence-electron chi connectivity index (χ3n) is 2.44. The fraction of sp³-hybridized carbons (Fsp3) is 0.500. The molecular weight excluding hydrogens is 294 g/mol. The smallest absolute Gasteiger partial charge is 0.260 e. The molecule has 0 saturated heterocycles. The van der Waals surface area contributed by atoms with Crippen molar-refractivity contribution in [1.82, 2.24) is 5.32 Å². The number of ether oxygens (including phenoxy) is 1. The van der Waals surface area contributed by atoms with Gasteiger partial charge in [-0.05, 0) is 53.4 Å². The summed E-state index contributed by atoms with van der Waals surface area (Å²) < 4.78 is 6.50. The maximum atomic E-state index is 11.8. The van der Waals surface area contributed by atoms with Gasteiger partial charge in [-0.1, -0.05) is 19.9 Å². The molecule has 1 amide bonds. The number of amides is 1. The Labute approximate surface area is 117 Å².